The summed E-state index contributed by atoms with van der Waals surface area (Å²) in [6.45, 7) is 0.783. The van der Waals surface area contributed by atoms with Gasteiger partial charge in [0.05, 0.1) is 12.1 Å². The molecule has 5 heteroatoms. The molecule has 0 aromatic carbocycles. The first-order valence-corrected chi connectivity index (χ1v) is 8.12. The molecule has 1 saturated carbocycles. The number of rotatable bonds is 4. The lowest BCUT2D eigenvalue weighted by Crippen LogP contribution is -2.49. The molecule has 18 heavy (non-hydrogen) atoms. The Hall–Kier alpha value is -0.260. The van der Waals surface area contributed by atoms with E-state index in [1.165, 1.54) is 19.3 Å². The number of nitrogens with one attached hydrogen (secondary N) is 2. The predicted molar refractivity (Wildman–Crippen MR) is 74.9 cm³/mol. The number of thioether (sulfide) groups is 1. The van der Waals surface area contributed by atoms with Crippen molar-refractivity contribution in [3.05, 3.63) is 0 Å². The summed E-state index contributed by atoms with van der Waals surface area (Å²) in [5.74, 6) is 0.153. The molecule has 0 aromatic rings. The second kappa shape index (κ2) is 6.78. The van der Waals surface area contributed by atoms with Crippen molar-refractivity contribution in [1.82, 2.24) is 10.6 Å². The average Bonchev–Trinajstić information content (AvgIpc) is 2.88. The third-order valence-corrected chi connectivity index (χ3v) is 5.24. The van der Waals surface area contributed by atoms with Crippen LogP contribution >= 0.6 is 11.8 Å². The highest BCUT2D eigenvalue weighted by molar-refractivity contribution is 7.99. The highest BCUT2D eigenvalue weighted by Gasteiger charge is 2.32. The van der Waals surface area contributed by atoms with Gasteiger partial charge >= 0.3 is 0 Å². The molecular weight excluding hydrogens is 248 g/mol. The van der Waals surface area contributed by atoms with Crippen LogP contribution < -0.4 is 10.6 Å². The van der Waals surface area contributed by atoms with Crippen molar-refractivity contribution in [2.45, 2.75) is 55.5 Å². The van der Waals surface area contributed by atoms with E-state index in [0.29, 0.717) is 11.3 Å². The van der Waals surface area contributed by atoms with E-state index in [1.54, 1.807) is 7.11 Å². The molecule has 2 aliphatic rings. The van der Waals surface area contributed by atoms with Gasteiger partial charge in [-0.05, 0) is 25.5 Å². The number of hydrogen-bond acceptors (Lipinski definition) is 4. The van der Waals surface area contributed by atoms with Crippen LogP contribution in [0.3, 0.4) is 0 Å². The summed E-state index contributed by atoms with van der Waals surface area (Å²) in [6.07, 6.45) is 8.00. The monoisotopic (exact) mass is 272 g/mol. The van der Waals surface area contributed by atoms with Gasteiger partial charge in [0.2, 0.25) is 5.91 Å². The predicted octanol–water partition coefficient (Wildman–Crippen LogP) is 1.15. The zero-order chi connectivity index (χ0) is 13.0. The normalized spacial score (nSPS) is 36.6. The minimum atomic E-state index is -0.0700. The summed E-state index contributed by atoms with van der Waals surface area (Å²) in [6, 6.07) is 0.282. The molecular formula is C13H24N2O2S. The Balaban J connectivity index is 1.83. The van der Waals surface area contributed by atoms with Gasteiger partial charge in [-0.2, -0.15) is 11.8 Å². The van der Waals surface area contributed by atoms with Gasteiger partial charge in [0, 0.05) is 24.9 Å². The van der Waals surface area contributed by atoms with E-state index in [1.807, 2.05) is 11.8 Å². The van der Waals surface area contributed by atoms with Crippen LogP contribution in [0.1, 0.15) is 32.1 Å². The van der Waals surface area contributed by atoms with Gasteiger partial charge < -0.3 is 15.4 Å². The second-order valence-electron chi connectivity index (χ2n) is 5.23. The van der Waals surface area contributed by atoms with Crippen molar-refractivity contribution in [2.75, 3.05) is 19.9 Å². The maximum absolute atomic E-state index is 12.2. The number of ether oxygens (including phenoxy) is 1. The Morgan fingerprint density at radius 2 is 2.17 bits per heavy atom. The molecule has 0 radical (unpaired) electrons. The molecule has 1 aliphatic carbocycles. The van der Waals surface area contributed by atoms with Crippen LogP contribution in [-0.2, 0) is 9.53 Å². The lowest BCUT2D eigenvalue weighted by Gasteiger charge is -2.31. The number of carbonyl (C=O) groups is 1. The van der Waals surface area contributed by atoms with E-state index in [4.69, 9.17) is 4.74 Å². The summed E-state index contributed by atoms with van der Waals surface area (Å²) < 4.78 is 5.28. The van der Waals surface area contributed by atoms with Crippen molar-refractivity contribution < 1.29 is 9.53 Å². The maximum atomic E-state index is 12.2. The van der Waals surface area contributed by atoms with Crippen molar-refractivity contribution in [2.24, 2.45) is 0 Å². The van der Waals surface area contributed by atoms with Crippen molar-refractivity contribution in [3.63, 3.8) is 0 Å². The van der Waals surface area contributed by atoms with Gasteiger partial charge in [0.25, 0.3) is 0 Å². The zero-order valence-electron chi connectivity index (χ0n) is 11.3. The first-order chi connectivity index (χ1) is 8.74. The van der Waals surface area contributed by atoms with Crippen LogP contribution in [-0.4, -0.2) is 49.3 Å². The largest absolute Gasteiger partial charge is 0.380 e. The van der Waals surface area contributed by atoms with E-state index in [0.717, 1.165) is 19.4 Å². The second-order valence-corrected chi connectivity index (χ2v) is 6.30. The van der Waals surface area contributed by atoms with Crippen LogP contribution in [0.25, 0.3) is 0 Å². The van der Waals surface area contributed by atoms with Crippen LogP contribution in [0.2, 0.25) is 0 Å². The summed E-state index contributed by atoms with van der Waals surface area (Å²) in [4.78, 5) is 12.2. The van der Waals surface area contributed by atoms with E-state index < -0.39 is 0 Å². The average molecular weight is 272 g/mol. The fourth-order valence-electron chi connectivity index (χ4n) is 2.91. The molecule has 0 aromatic heterocycles. The summed E-state index contributed by atoms with van der Waals surface area (Å²) >= 11 is 1.88. The van der Waals surface area contributed by atoms with Crippen LogP contribution in [0.4, 0.5) is 0 Å². The van der Waals surface area contributed by atoms with Crippen molar-refractivity contribution >= 4 is 17.7 Å². The highest BCUT2D eigenvalue weighted by atomic mass is 32.2. The number of hydrogen-bond donors (Lipinski definition) is 2. The molecule has 2 fully saturated rings. The van der Waals surface area contributed by atoms with E-state index in [2.05, 4.69) is 16.9 Å². The molecule has 4 nitrogen and oxygen atoms in total. The van der Waals surface area contributed by atoms with Gasteiger partial charge in [0.15, 0.2) is 0 Å². The fourth-order valence-corrected chi connectivity index (χ4v) is 3.84. The Kier molecular flexibility index (Phi) is 5.33. The molecule has 2 N–H and O–H groups in total. The molecule has 1 aliphatic heterocycles. The minimum Gasteiger partial charge on any atom is -0.380 e. The molecule has 0 bridgehead atoms. The summed E-state index contributed by atoms with van der Waals surface area (Å²) in [7, 11) is 1.71. The SMILES string of the molecule is COC1CNC(C(=O)NC2CCCCC2SC)C1. The fraction of sp³-hybridized carbons (Fsp3) is 0.923. The molecule has 1 saturated heterocycles. The highest BCUT2D eigenvalue weighted by Crippen LogP contribution is 2.27. The maximum Gasteiger partial charge on any atom is 0.237 e. The Morgan fingerprint density at radius 1 is 1.39 bits per heavy atom. The van der Waals surface area contributed by atoms with Crippen LogP contribution in [0.5, 0.6) is 0 Å². The molecule has 4 unspecified atom stereocenters. The van der Waals surface area contributed by atoms with E-state index in [9.17, 15) is 4.79 Å². The Labute approximate surface area is 114 Å². The van der Waals surface area contributed by atoms with E-state index >= 15 is 0 Å². The van der Waals surface area contributed by atoms with Gasteiger partial charge in [-0.3, -0.25) is 4.79 Å². The smallest absolute Gasteiger partial charge is 0.237 e. The lowest BCUT2D eigenvalue weighted by atomic mass is 9.94. The molecule has 1 heterocycles. The summed E-state index contributed by atoms with van der Waals surface area (Å²) in [5.41, 5.74) is 0. The van der Waals surface area contributed by atoms with Crippen molar-refractivity contribution in [3.8, 4) is 0 Å². The Bertz CT molecular complexity index is 288. The van der Waals surface area contributed by atoms with Gasteiger partial charge in [-0.1, -0.05) is 12.8 Å². The first-order valence-electron chi connectivity index (χ1n) is 6.84. The molecule has 1 amide bonds. The first kappa shape index (κ1) is 14.2. The summed E-state index contributed by atoms with van der Waals surface area (Å²) in [5, 5.41) is 7.05. The number of methoxy groups -OCH3 is 1. The minimum absolute atomic E-state index is 0.0700. The number of carbonyl (C=O) groups excluding carboxylic acids is 1. The van der Waals surface area contributed by atoms with Gasteiger partial charge in [-0.25, -0.2) is 0 Å². The van der Waals surface area contributed by atoms with Gasteiger partial charge in [-0.15, -0.1) is 0 Å². The topological polar surface area (TPSA) is 50.4 Å². The van der Waals surface area contributed by atoms with Crippen molar-refractivity contribution in [1.29, 1.82) is 0 Å². The standard InChI is InChI=1S/C13H24N2O2S/c1-17-9-7-11(14-8-9)13(16)15-10-5-3-4-6-12(10)18-2/h9-12,14H,3-8H2,1-2H3,(H,15,16). The third kappa shape index (κ3) is 3.39. The Morgan fingerprint density at radius 3 is 2.83 bits per heavy atom. The lowest BCUT2D eigenvalue weighted by molar-refractivity contribution is -0.123. The quantitative estimate of drug-likeness (QED) is 0.806. The van der Waals surface area contributed by atoms with Gasteiger partial charge in [0.1, 0.15) is 0 Å². The molecule has 4 atom stereocenters. The third-order valence-electron chi connectivity index (χ3n) is 4.07. The van der Waals surface area contributed by atoms with Crippen LogP contribution in [0.15, 0.2) is 0 Å². The molecule has 104 valence electrons. The molecule has 0 spiro atoms. The number of amides is 1. The zero-order valence-corrected chi connectivity index (χ0v) is 12.1. The van der Waals surface area contributed by atoms with E-state index in [-0.39, 0.29) is 18.1 Å². The van der Waals surface area contributed by atoms with Crippen LogP contribution in [0, 0.1) is 0 Å². The molecule has 2 rings (SSSR count).